The van der Waals surface area contributed by atoms with Crippen LogP contribution in [0.2, 0.25) is 0 Å². The van der Waals surface area contributed by atoms with E-state index in [0.29, 0.717) is 40.1 Å². The Morgan fingerprint density at radius 2 is 1.86 bits per heavy atom. The Kier molecular flexibility index (Phi) is 6.03. The first-order valence-electron chi connectivity index (χ1n) is 10.6. The number of ether oxygens (including phenoxy) is 2. The van der Waals surface area contributed by atoms with Crippen molar-refractivity contribution in [1.82, 2.24) is 30.0 Å². The van der Waals surface area contributed by atoms with E-state index >= 15 is 0 Å². The van der Waals surface area contributed by atoms with Crippen molar-refractivity contribution in [3.63, 3.8) is 0 Å². The van der Waals surface area contributed by atoms with E-state index < -0.39 is 12.6 Å². The molecule has 0 unspecified atom stereocenters. The van der Waals surface area contributed by atoms with E-state index in [9.17, 15) is 13.2 Å². The molecule has 12 heteroatoms. The minimum absolute atomic E-state index is 0.0709. The van der Waals surface area contributed by atoms with Crippen molar-refractivity contribution in [3.8, 4) is 17.4 Å². The molecule has 4 aromatic heterocycles. The summed E-state index contributed by atoms with van der Waals surface area (Å²) in [6, 6.07) is 12.4. The molecule has 0 aliphatic carbocycles. The van der Waals surface area contributed by atoms with Crippen molar-refractivity contribution >= 4 is 16.4 Å². The Bertz CT molecular complexity index is 1460. The quantitative estimate of drug-likeness (QED) is 0.316. The van der Waals surface area contributed by atoms with Gasteiger partial charge >= 0.3 is 6.18 Å². The lowest BCUT2D eigenvalue weighted by molar-refractivity contribution is -0.134. The smallest absolute Gasteiger partial charge is 0.389 e. The molecule has 0 amide bonds. The molecule has 4 heterocycles. The molecule has 9 nitrogen and oxygen atoms in total. The largest absolute Gasteiger partial charge is 0.470 e. The average molecular weight is 484 g/mol. The fraction of sp³-hybridized carbons (Fsp3) is 0.261. The topological polar surface area (TPSA) is 100 Å². The number of benzene rings is 1. The Morgan fingerprint density at radius 3 is 2.60 bits per heavy atom. The van der Waals surface area contributed by atoms with Gasteiger partial charge in [-0.3, -0.25) is 4.98 Å². The van der Waals surface area contributed by atoms with Gasteiger partial charge in [0.1, 0.15) is 13.2 Å². The number of pyridine rings is 1. The van der Waals surface area contributed by atoms with Gasteiger partial charge in [-0.05, 0) is 24.1 Å². The first kappa shape index (κ1) is 22.7. The zero-order chi connectivity index (χ0) is 24.4. The molecule has 0 fully saturated rings. The second kappa shape index (κ2) is 9.29. The van der Waals surface area contributed by atoms with Crippen LogP contribution < -0.4 is 4.74 Å². The molecule has 35 heavy (non-hydrogen) atoms. The van der Waals surface area contributed by atoms with E-state index in [4.69, 9.17) is 14.0 Å². The highest BCUT2D eigenvalue weighted by Crippen LogP contribution is 2.29. The van der Waals surface area contributed by atoms with Crippen LogP contribution >= 0.6 is 0 Å². The number of aryl methyl sites for hydroxylation is 1. The lowest BCUT2D eigenvalue weighted by Gasteiger charge is -2.10. The summed E-state index contributed by atoms with van der Waals surface area (Å²) < 4.78 is 55.2. The van der Waals surface area contributed by atoms with Gasteiger partial charge in [-0.1, -0.05) is 29.4 Å². The molecule has 5 rings (SSSR count). The lowest BCUT2D eigenvalue weighted by atomic mass is 10.1. The second-order valence-corrected chi connectivity index (χ2v) is 7.78. The second-order valence-electron chi connectivity index (χ2n) is 7.78. The maximum Gasteiger partial charge on any atom is 0.389 e. The van der Waals surface area contributed by atoms with E-state index in [1.54, 1.807) is 25.3 Å². The highest BCUT2D eigenvalue weighted by atomic mass is 19.4. The van der Waals surface area contributed by atoms with Gasteiger partial charge < -0.3 is 14.0 Å². The van der Waals surface area contributed by atoms with Gasteiger partial charge in [0.2, 0.25) is 11.7 Å². The van der Waals surface area contributed by atoms with Crippen LogP contribution in [0, 0.1) is 0 Å². The van der Waals surface area contributed by atoms with E-state index in [1.807, 2.05) is 24.3 Å². The van der Waals surface area contributed by atoms with Crippen LogP contribution in [0.1, 0.15) is 23.4 Å². The maximum atomic E-state index is 12.4. The van der Waals surface area contributed by atoms with Gasteiger partial charge in [0, 0.05) is 36.6 Å². The number of hydrogen-bond acceptors (Lipinski definition) is 8. The molecule has 5 aromatic rings. The number of nitrogens with zero attached hydrogens (tertiary/aromatic N) is 6. The van der Waals surface area contributed by atoms with Crippen LogP contribution in [0.5, 0.6) is 5.88 Å². The molecule has 0 radical (unpaired) electrons. The van der Waals surface area contributed by atoms with Crippen LogP contribution in [0.25, 0.3) is 27.9 Å². The summed E-state index contributed by atoms with van der Waals surface area (Å²) in [4.78, 5) is 4.23. The Hall–Kier alpha value is -4.06. The summed E-state index contributed by atoms with van der Waals surface area (Å²) in [5.74, 6) is 1.22. The molecule has 0 atom stereocenters. The summed E-state index contributed by atoms with van der Waals surface area (Å²) >= 11 is 0. The molecular formula is C23H19F3N6O3. The number of hydrogen-bond donors (Lipinski definition) is 0. The monoisotopic (exact) mass is 484 g/mol. The van der Waals surface area contributed by atoms with Crippen molar-refractivity contribution in [3.05, 3.63) is 65.7 Å². The van der Waals surface area contributed by atoms with E-state index in [2.05, 4.69) is 25.4 Å². The predicted molar refractivity (Wildman–Crippen MR) is 117 cm³/mol. The van der Waals surface area contributed by atoms with Gasteiger partial charge in [0.15, 0.2) is 17.1 Å². The highest BCUT2D eigenvalue weighted by Gasteiger charge is 2.26. The Labute approximate surface area is 196 Å². The lowest BCUT2D eigenvalue weighted by Crippen LogP contribution is -2.09. The highest BCUT2D eigenvalue weighted by molar-refractivity contribution is 5.96. The minimum atomic E-state index is -4.20. The normalized spacial score (nSPS) is 12.0. The molecule has 0 aliphatic rings. The zero-order valence-electron chi connectivity index (χ0n) is 18.5. The van der Waals surface area contributed by atoms with Crippen LogP contribution in [0.3, 0.4) is 0 Å². The van der Waals surface area contributed by atoms with Crippen LogP contribution in [0.4, 0.5) is 13.2 Å². The van der Waals surface area contributed by atoms with E-state index in [0.717, 1.165) is 10.8 Å². The number of rotatable bonds is 8. The summed E-state index contributed by atoms with van der Waals surface area (Å²) in [6.45, 7) is 0.331. The van der Waals surface area contributed by atoms with Crippen molar-refractivity contribution in [1.29, 1.82) is 0 Å². The molecular weight excluding hydrogens is 465 g/mol. The zero-order valence-corrected chi connectivity index (χ0v) is 18.5. The number of methoxy groups -OCH3 is 1. The molecule has 180 valence electrons. The van der Waals surface area contributed by atoms with Gasteiger partial charge in [0.25, 0.3) is 0 Å². The first-order chi connectivity index (χ1) is 16.9. The van der Waals surface area contributed by atoms with Gasteiger partial charge in [-0.25, -0.2) is 0 Å². The maximum absolute atomic E-state index is 12.4. The molecule has 0 saturated heterocycles. The fourth-order valence-corrected chi connectivity index (χ4v) is 3.56. The van der Waals surface area contributed by atoms with Crippen molar-refractivity contribution in [2.75, 3.05) is 7.11 Å². The Morgan fingerprint density at radius 1 is 1.03 bits per heavy atom. The number of alkyl halides is 3. The number of aromatic nitrogens is 6. The van der Waals surface area contributed by atoms with E-state index in [-0.39, 0.29) is 19.6 Å². The van der Waals surface area contributed by atoms with Crippen LogP contribution in [-0.4, -0.2) is 43.2 Å². The molecule has 0 bridgehead atoms. The SMILES string of the molecule is COCc1cc(-c2nnc3c4ccccc4c(OCc4ccc(CCC(F)(F)F)cn4)nn23)no1. The third-order valence-corrected chi connectivity index (χ3v) is 5.24. The predicted octanol–water partition coefficient (Wildman–Crippen LogP) is 4.55. The van der Waals surface area contributed by atoms with Crippen LogP contribution in [-0.2, 0) is 24.4 Å². The first-order valence-corrected chi connectivity index (χ1v) is 10.6. The average Bonchev–Trinajstić information content (AvgIpc) is 3.48. The summed E-state index contributed by atoms with van der Waals surface area (Å²) in [5.41, 5.74) is 2.02. The standard InChI is InChI=1S/C23H19F3N6O3/c1-33-13-16-10-19(31-35-16)21-29-28-20-17-4-2-3-5-18(17)22(30-32(20)21)34-12-15-7-6-14(11-27-15)8-9-23(24,25)26/h2-7,10-11H,8-9,12-13H2,1H3. The van der Waals surface area contributed by atoms with Crippen molar-refractivity contribution in [2.24, 2.45) is 0 Å². The van der Waals surface area contributed by atoms with Gasteiger partial charge in [0.05, 0.1) is 5.69 Å². The summed E-state index contributed by atoms with van der Waals surface area (Å²) in [6.07, 6.45) is -3.78. The summed E-state index contributed by atoms with van der Waals surface area (Å²) in [7, 11) is 1.55. The fourth-order valence-electron chi connectivity index (χ4n) is 3.56. The molecule has 0 N–H and O–H groups in total. The van der Waals surface area contributed by atoms with Crippen LogP contribution in [0.15, 0.2) is 53.2 Å². The van der Waals surface area contributed by atoms with Crippen molar-refractivity contribution < 1.29 is 27.2 Å². The van der Waals surface area contributed by atoms with Gasteiger partial charge in [-0.15, -0.1) is 15.3 Å². The summed E-state index contributed by atoms with van der Waals surface area (Å²) in [5, 5.41) is 18.6. The van der Waals surface area contributed by atoms with E-state index in [1.165, 1.54) is 10.7 Å². The molecule has 1 aromatic carbocycles. The Balaban J connectivity index is 1.43. The van der Waals surface area contributed by atoms with Gasteiger partial charge in [-0.2, -0.15) is 17.7 Å². The molecule has 0 aliphatic heterocycles. The third-order valence-electron chi connectivity index (χ3n) is 5.24. The molecule has 0 spiro atoms. The minimum Gasteiger partial charge on any atom is -0.470 e. The third kappa shape index (κ3) is 4.92. The number of fused-ring (bicyclic) bond motifs is 3. The number of halogens is 3. The van der Waals surface area contributed by atoms with Crippen molar-refractivity contribution in [2.45, 2.75) is 32.2 Å². The molecule has 0 saturated carbocycles.